The summed E-state index contributed by atoms with van der Waals surface area (Å²) in [5.74, 6) is 2.24. The fourth-order valence-electron chi connectivity index (χ4n) is 4.08. The van der Waals surface area contributed by atoms with Crippen molar-refractivity contribution in [2.75, 3.05) is 19.7 Å². The number of carbonyl (C=O) groups excluding carboxylic acids is 1. The number of hydrogen-bond donors (Lipinski definition) is 0. The molecule has 1 aliphatic carbocycles. The van der Waals surface area contributed by atoms with Gasteiger partial charge in [-0.1, -0.05) is 6.58 Å². The fraction of sp³-hybridized carbons (Fsp3) is 0.368. The number of piperidine rings is 1. The topological polar surface area (TPSA) is 77.6 Å². The summed E-state index contributed by atoms with van der Waals surface area (Å²) in [6.07, 6.45) is 8.16. The summed E-state index contributed by atoms with van der Waals surface area (Å²) >= 11 is 0. The van der Waals surface area contributed by atoms with E-state index in [-0.39, 0.29) is 0 Å². The molecule has 3 aromatic heterocycles. The zero-order chi connectivity index (χ0) is 18.5. The van der Waals surface area contributed by atoms with Crippen LogP contribution in [0.1, 0.15) is 0 Å². The maximum absolute atomic E-state index is 10.9. The van der Waals surface area contributed by atoms with Crippen LogP contribution in [0, 0.1) is 17.8 Å². The number of aryl methyl sites for hydroxylation is 1. The molecule has 138 valence electrons. The average Bonchev–Trinajstić information content (AvgIpc) is 3.16. The Labute approximate surface area is 156 Å². The lowest BCUT2D eigenvalue weighted by molar-refractivity contribution is -0.106. The molecule has 2 aliphatic rings. The molecule has 0 amide bonds. The van der Waals surface area contributed by atoms with Crippen LogP contribution in [0.3, 0.4) is 0 Å². The molecule has 5 rings (SSSR count). The first-order valence-electron chi connectivity index (χ1n) is 8.99. The predicted molar refractivity (Wildman–Crippen MR) is 97.9 cm³/mol. The summed E-state index contributed by atoms with van der Waals surface area (Å²) in [5.41, 5.74) is 3.13. The first-order valence-corrected chi connectivity index (χ1v) is 8.99. The number of ether oxygens (including phenoxy) is 1. The van der Waals surface area contributed by atoms with Gasteiger partial charge in [-0.25, -0.2) is 9.50 Å². The van der Waals surface area contributed by atoms with Gasteiger partial charge >= 0.3 is 0 Å². The Morgan fingerprint density at radius 3 is 2.85 bits per heavy atom. The van der Waals surface area contributed by atoms with Crippen molar-refractivity contribution >= 4 is 11.8 Å². The van der Waals surface area contributed by atoms with Crippen LogP contribution in [-0.4, -0.2) is 55.3 Å². The van der Waals surface area contributed by atoms with E-state index < -0.39 is 0 Å². The number of hydrogen-bond acceptors (Lipinski definition) is 6. The maximum atomic E-state index is 10.9. The van der Waals surface area contributed by atoms with E-state index in [1.165, 1.54) is 0 Å². The van der Waals surface area contributed by atoms with Crippen LogP contribution in [0.4, 0.5) is 0 Å². The Hall–Kier alpha value is -3.16. The van der Waals surface area contributed by atoms with Gasteiger partial charge in [-0.3, -0.25) is 9.48 Å². The number of nitrogens with zero attached hydrogens (tertiary/aromatic N) is 6. The lowest BCUT2D eigenvalue weighted by atomic mass is 10.2. The lowest BCUT2D eigenvalue weighted by Crippen LogP contribution is -2.25. The van der Waals surface area contributed by atoms with E-state index in [0.29, 0.717) is 35.9 Å². The first-order chi connectivity index (χ1) is 13.1. The van der Waals surface area contributed by atoms with Gasteiger partial charge in [0.05, 0.1) is 36.6 Å². The molecule has 0 spiro atoms. The van der Waals surface area contributed by atoms with Crippen LogP contribution in [-0.2, 0) is 11.8 Å². The van der Waals surface area contributed by atoms with Crippen molar-refractivity contribution in [1.29, 1.82) is 0 Å². The van der Waals surface area contributed by atoms with Crippen LogP contribution < -0.4 is 4.74 Å². The molecule has 0 bridgehead atoms. The lowest BCUT2D eigenvalue weighted by Gasteiger charge is -2.20. The minimum absolute atomic E-state index is 0.507. The van der Waals surface area contributed by atoms with Crippen molar-refractivity contribution in [3.63, 3.8) is 0 Å². The molecular formula is C19H20N6O2. The third-order valence-electron chi connectivity index (χ3n) is 5.68. The van der Waals surface area contributed by atoms with Crippen LogP contribution in [0.15, 0.2) is 43.1 Å². The van der Waals surface area contributed by atoms with Crippen LogP contribution >= 0.6 is 0 Å². The molecule has 1 aliphatic heterocycles. The molecule has 8 heteroatoms. The number of aromatic nitrogens is 5. The van der Waals surface area contributed by atoms with E-state index in [1.54, 1.807) is 21.6 Å². The van der Waals surface area contributed by atoms with Gasteiger partial charge in [-0.15, -0.1) is 0 Å². The normalized spacial score (nSPS) is 23.4. The van der Waals surface area contributed by atoms with Gasteiger partial charge in [0.15, 0.2) is 6.29 Å². The predicted octanol–water partition coefficient (Wildman–Crippen LogP) is 1.40. The smallest absolute Gasteiger partial charge is 0.240 e. The minimum Gasteiger partial charge on any atom is -0.476 e. The summed E-state index contributed by atoms with van der Waals surface area (Å²) in [6, 6.07) is 1.90. The molecule has 2 unspecified atom stereocenters. The molecule has 8 nitrogen and oxygen atoms in total. The van der Waals surface area contributed by atoms with Gasteiger partial charge in [0.25, 0.3) is 0 Å². The second kappa shape index (κ2) is 5.94. The van der Waals surface area contributed by atoms with Gasteiger partial charge in [0.2, 0.25) is 5.88 Å². The molecule has 1 saturated carbocycles. The standard InChI is InChI=1S/C19H20N6O2/c1-12(10-26)24-7-14-15(8-24)16(14)11-27-19-18-3-4-20-25(18)9-17(22-19)13-5-21-23(2)6-13/h3-6,9-10,14-16H,1,7-8,11H2,2H3. The van der Waals surface area contributed by atoms with Gasteiger partial charge < -0.3 is 9.64 Å². The summed E-state index contributed by atoms with van der Waals surface area (Å²) in [6.45, 7) is 6.20. The molecule has 0 N–H and O–H groups in total. The second-order valence-corrected chi connectivity index (χ2v) is 7.31. The van der Waals surface area contributed by atoms with Gasteiger partial charge in [-0.05, 0) is 17.9 Å². The first kappa shape index (κ1) is 16.0. The van der Waals surface area contributed by atoms with Gasteiger partial charge in [-0.2, -0.15) is 10.2 Å². The summed E-state index contributed by atoms with van der Waals surface area (Å²) in [7, 11) is 1.88. The van der Waals surface area contributed by atoms with E-state index in [2.05, 4.69) is 21.7 Å². The largest absolute Gasteiger partial charge is 0.476 e. The monoisotopic (exact) mass is 364 g/mol. The van der Waals surface area contributed by atoms with Crippen molar-refractivity contribution in [1.82, 2.24) is 29.3 Å². The number of allylic oxidation sites excluding steroid dienone is 1. The zero-order valence-corrected chi connectivity index (χ0v) is 15.0. The van der Waals surface area contributed by atoms with Crippen molar-refractivity contribution in [2.45, 2.75) is 0 Å². The average molecular weight is 364 g/mol. The quantitative estimate of drug-likeness (QED) is 0.486. The highest BCUT2D eigenvalue weighted by atomic mass is 16.5. The minimum atomic E-state index is 0.507. The van der Waals surface area contributed by atoms with Crippen molar-refractivity contribution < 1.29 is 9.53 Å². The zero-order valence-electron chi connectivity index (χ0n) is 15.0. The molecule has 27 heavy (non-hydrogen) atoms. The summed E-state index contributed by atoms with van der Waals surface area (Å²) < 4.78 is 9.65. The molecule has 0 aromatic carbocycles. The summed E-state index contributed by atoms with van der Waals surface area (Å²) in [5, 5.41) is 8.54. The van der Waals surface area contributed by atoms with E-state index in [9.17, 15) is 4.79 Å². The number of fused-ring (bicyclic) bond motifs is 2. The van der Waals surface area contributed by atoms with Crippen molar-refractivity contribution in [3.05, 3.63) is 43.1 Å². The molecule has 2 fully saturated rings. The fourth-order valence-corrected chi connectivity index (χ4v) is 4.08. The number of carbonyl (C=O) groups is 1. The third-order valence-corrected chi connectivity index (χ3v) is 5.68. The molecule has 4 heterocycles. The summed E-state index contributed by atoms with van der Waals surface area (Å²) in [4.78, 5) is 17.6. The van der Waals surface area contributed by atoms with E-state index >= 15 is 0 Å². The number of aldehydes is 1. The highest BCUT2D eigenvalue weighted by Gasteiger charge is 2.56. The van der Waals surface area contributed by atoms with Crippen molar-refractivity contribution in [3.8, 4) is 17.1 Å². The number of rotatable bonds is 6. The Morgan fingerprint density at radius 1 is 1.33 bits per heavy atom. The van der Waals surface area contributed by atoms with E-state index in [1.807, 2.05) is 25.5 Å². The highest BCUT2D eigenvalue weighted by Crippen LogP contribution is 2.52. The molecule has 0 radical (unpaired) electrons. The van der Waals surface area contributed by atoms with Crippen LogP contribution in [0.25, 0.3) is 16.8 Å². The maximum Gasteiger partial charge on any atom is 0.240 e. The molecule has 1 saturated heterocycles. The Kier molecular flexibility index (Phi) is 3.53. The third kappa shape index (κ3) is 2.68. The molecular weight excluding hydrogens is 344 g/mol. The molecule has 3 aromatic rings. The van der Waals surface area contributed by atoms with Crippen molar-refractivity contribution in [2.24, 2.45) is 24.8 Å². The molecule has 2 atom stereocenters. The Balaban J connectivity index is 1.32. The van der Waals surface area contributed by atoms with E-state index in [0.717, 1.165) is 36.1 Å². The van der Waals surface area contributed by atoms with E-state index in [4.69, 9.17) is 9.72 Å². The van der Waals surface area contributed by atoms with Crippen LogP contribution in [0.5, 0.6) is 5.88 Å². The van der Waals surface area contributed by atoms with Gasteiger partial charge in [0.1, 0.15) is 5.52 Å². The Bertz CT molecular complexity index is 1030. The van der Waals surface area contributed by atoms with Gasteiger partial charge in [0, 0.05) is 37.8 Å². The highest BCUT2D eigenvalue weighted by molar-refractivity contribution is 5.71. The second-order valence-electron chi connectivity index (χ2n) is 7.31. The number of likely N-dealkylation sites (tertiary alicyclic amines) is 1. The SMILES string of the molecule is C=C(C=O)N1CC2C(COc3nc(-c4cnn(C)c4)cn4nccc34)C2C1. The Morgan fingerprint density at radius 2 is 2.15 bits per heavy atom. The van der Waals surface area contributed by atoms with Crippen LogP contribution in [0.2, 0.25) is 0 Å².